The summed E-state index contributed by atoms with van der Waals surface area (Å²) >= 11 is 0. The molecule has 4 rings (SSSR count). The molecule has 0 radical (unpaired) electrons. The number of hydrogen-bond donors (Lipinski definition) is 0. The highest BCUT2D eigenvalue weighted by Gasteiger charge is 2.23. The van der Waals surface area contributed by atoms with Crippen LogP contribution in [0.1, 0.15) is 22.5 Å². The van der Waals surface area contributed by atoms with Gasteiger partial charge in [-0.3, -0.25) is 4.79 Å². The molecule has 6 heteroatoms. The van der Waals surface area contributed by atoms with Gasteiger partial charge >= 0.3 is 0 Å². The summed E-state index contributed by atoms with van der Waals surface area (Å²) in [7, 11) is 1.64. The smallest absolute Gasteiger partial charge is 0.227 e. The molecule has 6 nitrogen and oxygen atoms in total. The zero-order valence-electron chi connectivity index (χ0n) is 14.4. The van der Waals surface area contributed by atoms with Crippen molar-refractivity contribution in [3.05, 3.63) is 59.0 Å². The summed E-state index contributed by atoms with van der Waals surface area (Å²) < 4.78 is 7.07. The first-order chi connectivity index (χ1) is 12.1. The van der Waals surface area contributed by atoms with Gasteiger partial charge < -0.3 is 9.64 Å². The topological polar surface area (TPSA) is 59.7 Å². The Morgan fingerprint density at radius 1 is 1.28 bits per heavy atom. The van der Waals surface area contributed by atoms with Crippen LogP contribution >= 0.6 is 0 Å². The van der Waals surface area contributed by atoms with Gasteiger partial charge in [0, 0.05) is 37.3 Å². The Hall–Kier alpha value is -2.89. The first-order valence-electron chi connectivity index (χ1n) is 8.38. The van der Waals surface area contributed by atoms with Gasteiger partial charge in [0.05, 0.1) is 24.9 Å². The first-order valence-corrected chi connectivity index (χ1v) is 8.38. The van der Waals surface area contributed by atoms with Gasteiger partial charge in [-0.15, -0.1) is 0 Å². The molecule has 1 aromatic carbocycles. The minimum Gasteiger partial charge on any atom is -0.497 e. The highest BCUT2D eigenvalue weighted by molar-refractivity contribution is 5.79. The molecule has 0 N–H and O–H groups in total. The van der Waals surface area contributed by atoms with Crippen molar-refractivity contribution in [2.24, 2.45) is 0 Å². The Kier molecular flexibility index (Phi) is 3.87. The molecular weight excluding hydrogens is 316 g/mol. The minimum absolute atomic E-state index is 0.132. The van der Waals surface area contributed by atoms with Crippen molar-refractivity contribution in [2.45, 2.75) is 26.3 Å². The number of carbonyl (C=O) groups excluding carboxylic acids is 1. The molecule has 0 bridgehead atoms. The van der Waals surface area contributed by atoms with Crippen molar-refractivity contribution in [2.75, 3.05) is 13.7 Å². The van der Waals surface area contributed by atoms with Gasteiger partial charge in [0.15, 0.2) is 5.65 Å². The number of benzene rings is 1. The summed E-state index contributed by atoms with van der Waals surface area (Å²) in [6, 6.07) is 9.61. The molecule has 0 atom stereocenters. The van der Waals surface area contributed by atoms with Crippen LogP contribution in [-0.2, 0) is 24.2 Å². The third kappa shape index (κ3) is 2.95. The summed E-state index contributed by atoms with van der Waals surface area (Å²) in [6.45, 7) is 3.26. The second-order valence-electron chi connectivity index (χ2n) is 6.38. The Balaban J connectivity index is 1.51. The lowest BCUT2D eigenvalue weighted by molar-refractivity contribution is -0.131. The fourth-order valence-electron chi connectivity index (χ4n) is 3.30. The van der Waals surface area contributed by atoms with Crippen LogP contribution in [0.2, 0.25) is 0 Å². The van der Waals surface area contributed by atoms with E-state index in [2.05, 4.69) is 10.1 Å². The van der Waals surface area contributed by atoms with Crippen molar-refractivity contribution >= 4 is 11.6 Å². The molecular formula is C19H20N4O2. The molecule has 128 valence electrons. The highest BCUT2D eigenvalue weighted by Crippen LogP contribution is 2.21. The molecule has 25 heavy (non-hydrogen) atoms. The van der Waals surface area contributed by atoms with E-state index in [0.29, 0.717) is 19.5 Å². The molecule has 1 aliphatic rings. The van der Waals surface area contributed by atoms with Gasteiger partial charge in [-0.2, -0.15) is 5.10 Å². The largest absolute Gasteiger partial charge is 0.497 e. The zero-order chi connectivity index (χ0) is 17.4. The van der Waals surface area contributed by atoms with E-state index in [0.717, 1.165) is 40.3 Å². The maximum atomic E-state index is 12.7. The van der Waals surface area contributed by atoms with E-state index in [1.165, 1.54) is 0 Å². The molecule has 3 heterocycles. The Bertz CT molecular complexity index is 930. The van der Waals surface area contributed by atoms with Crippen LogP contribution in [0.3, 0.4) is 0 Å². The van der Waals surface area contributed by atoms with Gasteiger partial charge in [-0.25, -0.2) is 9.50 Å². The Morgan fingerprint density at radius 2 is 2.08 bits per heavy atom. The number of methoxy groups -OCH3 is 1. The predicted molar refractivity (Wildman–Crippen MR) is 93.5 cm³/mol. The number of rotatable bonds is 3. The van der Waals surface area contributed by atoms with Crippen molar-refractivity contribution < 1.29 is 9.53 Å². The lowest BCUT2D eigenvalue weighted by Crippen LogP contribution is -2.37. The molecule has 0 saturated carbocycles. The predicted octanol–water partition coefficient (Wildman–Crippen LogP) is 2.17. The number of fused-ring (bicyclic) bond motifs is 3. The summed E-state index contributed by atoms with van der Waals surface area (Å²) in [5.41, 5.74) is 5.05. The quantitative estimate of drug-likeness (QED) is 0.735. The van der Waals surface area contributed by atoms with Crippen LogP contribution in [0.4, 0.5) is 0 Å². The average Bonchev–Trinajstić information content (AvgIpc) is 3.02. The van der Waals surface area contributed by atoms with Crippen LogP contribution in [0.15, 0.2) is 36.5 Å². The molecule has 2 aromatic heterocycles. The summed E-state index contributed by atoms with van der Waals surface area (Å²) in [4.78, 5) is 19.0. The van der Waals surface area contributed by atoms with Crippen molar-refractivity contribution in [1.82, 2.24) is 19.5 Å². The van der Waals surface area contributed by atoms with Crippen LogP contribution in [0.25, 0.3) is 5.65 Å². The number of aryl methyl sites for hydroxylation is 1. The fourth-order valence-corrected chi connectivity index (χ4v) is 3.30. The SMILES string of the molecule is COc1ccc(CC(=O)N2CCc3c(cnc4cc(C)nn34)C2)cc1. The van der Waals surface area contributed by atoms with Gasteiger partial charge in [0.1, 0.15) is 5.75 Å². The van der Waals surface area contributed by atoms with Gasteiger partial charge in [0.2, 0.25) is 5.91 Å². The Labute approximate surface area is 146 Å². The number of carbonyl (C=O) groups is 1. The zero-order valence-corrected chi connectivity index (χ0v) is 14.4. The van der Waals surface area contributed by atoms with E-state index in [4.69, 9.17) is 4.74 Å². The molecule has 3 aromatic rings. The van der Waals surface area contributed by atoms with E-state index >= 15 is 0 Å². The summed E-state index contributed by atoms with van der Waals surface area (Å²) in [5.74, 6) is 0.931. The monoisotopic (exact) mass is 336 g/mol. The maximum Gasteiger partial charge on any atom is 0.227 e. The molecule has 1 aliphatic heterocycles. The molecule has 0 aliphatic carbocycles. The van der Waals surface area contributed by atoms with Crippen LogP contribution in [0.5, 0.6) is 5.75 Å². The van der Waals surface area contributed by atoms with Crippen molar-refractivity contribution in [3.8, 4) is 5.75 Å². The second-order valence-corrected chi connectivity index (χ2v) is 6.38. The molecule has 1 amide bonds. The van der Waals surface area contributed by atoms with Crippen LogP contribution in [0, 0.1) is 6.92 Å². The van der Waals surface area contributed by atoms with E-state index in [1.54, 1.807) is 7.11 Å². The Morgan fingerprint density at radius 3 is 2.84 bits per heavy atom. The van der Waals surface area contributed by atoms with Crippen LogP contribution in [-0.4, -0.2) is 39.1 Å². The summed E-state index contributed by atoms with van der Waals surface area (Å²) in [6.07, 6.45) is 3.07. The van der Waals surface area contributed by atoms with E-state index in [9.17, 15) is 4.79 Å². The van der Waals surface area contributed by atoms with E-state index in [1.807, 2.05) is 52.9 Å². The second kappa shape index (κ2) is 6.20. The molecule has 0 fully saturated rings. The number of hydrogen-bond acceptors (Lipinski definition) is 4. The normalized spacial score (nSPS) is 13.8. The lowest BCUT2D eigenvalue weighted by Gasteiger charge is -2.29. The number of ether oxygens (including phenoxy) is 1. The lowest BCUT2D eigenvalue weighted by atomic mass is 10.1. The van der Waals surface area contributed by atoms with Crippen molar-refractivity contribution in [1.29, 1.82) is 0 Å². The fraction of sp³-hybridized carbons (Fsp3) is 0.316. The van der Waals surface area contributed by atoms with E-state index < -0.39 is 0 Å². The third-order valence-corrected chi connectivity index (χ3v) is 4.64. The average molecular weight is 336 g/mol. The molecule has 0 spiro atoms. The van der Waals surface area contributed by atoms with Gasteiger partial charge in [-0.05, 0) is 24.6 Å². The highest BCUT2D eigenvalue weighted by atomic mass is 16.5. The molecule has 0 unspecified atom stereocenters. The summed E-state index contributed by atoms with van der Waals surface area (Å²) in [5, 5.41) is 4.52. The maximum absolute atomic E-state index is 12.7. The standard InChI is InChI=1S/C19H20N4O2/c1-13-9-18-20-11-15-12-22(8-7-17(15)23(18)21-13)19(24)10-14-3-5-16(25-2)6-4-14/h3-6,9,11H,7-8,10,12H2,1-2H3. The third-order valence-electron chi connectivity index (χ3n) is 4.64. The van der Waals surface area contributed by atoms with Crippen LogP contribution < -0.4 is 4.74 Å². The minimum atomic E-state index is 0.132. The number of nitrogens with zero attached hydrogens (tertiary/aromatic N) is 4. The molecule has 0 saturated heterocycles. The van der Waals surface area contributed by atoms with Crippen molar-refractivity contribution in [3.63, 3.8) is 0 Å². The van der Waals surface area contributed by atoms with Gasteiger partial charge in [0.25, 0.3) is 0 Å². The first kappa shape index (κ1) is 15.6. The van der Waals surface area contributed by atoms with E-state index in [-0.39, 0.29) is 5.91 Å². The number of amides is 1. The number of aromatic nitrogens is 3. The van der Waals surface area contributed by atoms with Gasteiger partial charge in [-0.1, -0.05) is 12.1 Å².